The van der Waals surface area contributed by atoms with Crippen molar-refractivity contribution in [2.45, 2.75) is 25.5 Å². The number of anilines is 1. The Hall–Kier alpha value is -2.43. The van der Waals surface area contributed by atoms with Crippen molar-refractivity contribution in [2.75, 3.05) is 5.73 Å². The molecule has 1 aliphatic rings. The Balaban J connectivity index is 2.27. The van der Waals surface area contributed by atoms with Crippen molar-refractivity contribution < 1.29 is 22.7 Å². The average molecular weight is 351 g/mol. The van der Waals surface area contributed by atoms with Crippen molar-refractivity contribution in [1.82, 2.24) is 5.32 Å². The summed E-state index contributed by atoms with van der Waals surface area (Å²) >= 11 is 5.85. The van der Waals surface area contributed by atoms with Crippen molar-refractivity contribution >= 4 is 23.2 Å². The number of carbonyl (C=O) groups is 1. The predicted octanol–water partition coefficient (Wildman–Crippen LogP) is 3.45. The number of rotatable bonds is 4. The van der Waals surface area contributed by atoms with Crippen molar-refractivity contribution in [3.8, 4) is 5.75 Å². The number of carbonyl (C=O) groups excluding carboxylic acids is 1. The quantitative estimate of drug-likeness (QED) is 0.810. The van der Waals surface area contributed by atoms with Crippen molar-refractivity contribution in [3.05, 3.63) is 22.7 Å². The van der Waals surface area contributed by atoms with Crippen LogP contribution in [-0.2, 0) is 0 Å². The maximum Gasteiger partial charge on any atom is 0.573 e. The van der Waals surface area contributed by atoms with Gasteiger partial charge in [0.1, 0.15) is 0 Å². The molecule has 0 saturated heterocycles. The molecule has 0 spiro atoms. The molecule has 3 N–H and O–H groups in total. The van der Waals surface area contributed by atoms with Gasteiger partial charge in [-0.2, -0.15) is 0 Å². The lowest BCUT2D eigenvalue weighted by molar-refractivity contribution is -0.274. The van der Waals surface area contributed by atoms with E-state index >= 15 is 0 Å². The van der Waals surface area contributed by atoms with E-state index in [0.717, 1.165) is 12.1 Å². The monoisotopic (exact) mass is 350 g/mol. The van der Waals surface area contributed by atoms with Crippen LogP contribution in [0.1, 0.15) is 23.7 Å². The molecule has 0 saturated carbocycles. The number of hydrogen-bond donors (Lipinski definition) is 2. The minimum atomic E-state index is -4.93. The molecule has 12 heteroatoms. The molecule has 1 aliphatic heterocycles. The Morgan fingerprint density at radius 1 is 1.39 bits per heavy atom. The van der Waals surface area contributed by atoms with Crippen LogP contribution in [0.5, 0.6) is 5.75 Å². The van der Waals surface area contributed by atoms with E-state index in [9.17, 15) is 18.0 Å². The van der Waals surface area contributed by atoms with Gasteiger partial charge in [-0.1, -0.05) is 18.5 Å². The Bertz CT molecular complexity index is 679. The van der Waals surface area contributed by atoms with Gasteiger partial charge in [0.25, 0.3) is 11.7 Å². The summed E-state index contributed by atoms with van der Waals surface area (Å²) < 4.78 is 40.4. The highest BCUT2D eigenvalue weighted by atomic mass is 35.5. The zero-order chi connectivity index (χ0) is 17.3. The van der Waals surface area contributed by atoms with Crippen molar-refractivity contribution in [1.29, 1.82) is 0 Å². The highest BCUT2D eigenvalue weighted by Crippen LogP contribution is 2.36. The largest absolute Gasteiger partial charge is 0.573 e. The Morgan fingerprint density at radius 3 is 2.52 bits per heavy atom. The lowest BCUT2D eigenvalue weighted by Crippen LogP contribution is -2.43. The van der Waals surface area contributed by atoms with Gasteiger partial charge in [-0.15, -0.1) is 23.4 Å². The van der Waals surface area contributed by atoms with E-state index in [-0.39, 0.29) is 17.0 Å². The first-order valence-corrected chi connectivity index (χ1v) is 6.55. The fraction of sp³-hybridized carbons (Fsp3) is 0.364. The molecule has 0 atom stereocenters. The average Bonchev–Trinajstić information content (AvgIpc) is 2.91. The summed E-state index contributed by atoms with van der Waals surface area (Å²) in [6.45, 7) is 1.68. The number of hydrogen-bond acceptors (Lipinski definition) is 7. The van der Waals surface area contributed by atoms with Crippen LogP contribution in [0.25, 0.3) is 0 Å². The minimum absolute atomic E-state index is 0.163. The number of nitrogens with two attached hydrogens (primary N) is 1. The van der Waals surface area contributed by atoms with Crippen molar-refractivity contribution in [2.24, 2.45) is 20.7 Å². The number of nitrogen functional groups attached to an aromatic ring is 1. The van der Waals surface area contributed by atoms with E-state index in [1.807, 2.05) is 0 Å². The van der Waals surface area contributed by atoms with Gasteiger partial charge >= 0.3 is 6.36 Å². The molecule has 124 valence electrons. The number of ether oxygens (including phenoxy) is 1. The summed E-state index contributed by atoms with van der Waals surface area (Å²) in [5, 5.41) is 16.0. The van der Waals surface area contributed by atoms with Gasteiger partial charge in [0.15, 0.2) is 5.75 Å². The molecule has 0 bridgehead atoms. The summed E-state index contributed by atoms with van der Waals surface area (Å²) in [4.78, 5) is 12.2. The summed E-state index contributed by atoms with van der Waals surface area (Å²) in [6, 6.07) is 1.93. The summed E-state index contributed by atoms with van der Waals surface area (Å²) in [5.41, 5.74) is 4.80. The molecular weight excluding hydrogens is 341 g/mol. The number of alkyl halides is 3. The van der Waals surface area contributed by atoms with Crippen LogP contribution in [0.15, 0.2) is 32.8 Å². The number of amides is 1. The smallest absolute Gasteiger partial charge is 0.404 e. The first-order valence-electron chi connectivity index (χ1n) is 6.18. The van der Waals surface area contributed by atoms with E-state index in [4.69, 9.17) is 17.3 Å². The second kappa shape index (κ2) is 5.99. The normalized spacial score (nSPS) is 15.7. The maximum absolute atomic E-state index is 12.2. The van der Waals surface area contributed by atoms with E-state index in [1.54, 1.807) is 6.92 Å². The SMILES string of the molecule is CCC1(NC(=O)c2ccc(OC(F)(F)F)c(N)c2Cl)N=NN=N1. The molecule has 0 unspecified atom stereocenters. The first kappa shape index (κ1) is 16.9. The standard InChI is InChI=1S/C11H10ClF3N6O2/c1-2-10(18-20-21-19-10)17-9(22)5-3-4-6(8(16)7(5)12)23-11(13,14)15/h3-4H,2,16H2,1H3,(H,17,22). The Kier molecular flexibility index (Phi) is 4.41. The van der Waals surface area contributed by atoms with Gasteiger partial charge in [-0.3, -0.25) is 4.79 Å². The Labute approximate surface area is 132 Å². The van der Waals surface area contributed by atoms with Gasteiger partial charge < -0.3 is 15.8 Å². The molecule has 1 heterocycles. The van der Waals surface area contributed by atoms with E-state index < -0.39 is 29.5 Å². The fourth-order valence-corrected chi connectivity index (χ4v) is 1.94. The molecule has 0 fully saturated rings. The number of nitrogens with one attached hydrogen (secondary N) is 1. The summed E-state index contributed by atoms with van der Waals surface area (Å²) in [6.07, 6.45) is -4.67. The van der Waals surface area contributed by atoms with Crippen LogP contribution < -0.4 is 15.8 Å². The zero-order valence-corrected chi connectivity index (χ0v) is 12.3. The molecule has 1 aromatic carbocycles. The van der Waals surface area contributed by atoms with Crippen molar-refractivity contribution in [3.63, 3.8) is 0 Å². The topological polar surface area (TPSA) is 114 Å². The predicted molar refractivity (Wildman–Crippen MR) is 72.7 cm³/mol. The van der Waals surface area contributed by atoms with Crippen LogP contribution >= 0.6 is 11.6 Å². The zero-order valence-electron chi connectivity index (χ0n) is 11.6. The van der Waals surface area contributed by atoms with E-state index in [2.05, 4.69) is 30.7 Å². The maximum atomic E-state index is 12.2. The third-order valence-electron chi connectivity index (χ3n) is 2.88. The number of halogens is 4. The minimum Gasteiger partial charge on any atom is -0.404 e. The summed E-state index contributed by atoms with van der Waals surface area (Å²) in [5.74, 6) is -2.82. The van der Waals surface area contributed by atoms with Gasteiger partial charge in [-0.25, -0.2) is 0 Å². The second-order valence-electron chi connectivity index (χ2n) is 4.39. The molecular formula is C11H10ClF3N6O2. The Morgan fingerprint density at radius 2 is 2.00 bits per heavy atom. The van der Waals surface area contributed by atoms with Gasteiger partial charge in [-0.05, 0) is 22.6 Å². The number of benzene rings is 1. The highest BCUT2D eigenvalue weighted by molar-refractivity contribution is 6.36. The second-order valence-corrected chi connectivity index (χ2v) is 4.77. The molecule has 0 aliphatic carbocycles. The van der Waals surface area contributed by atoms with Gasteiger partial charge in [0, 0.05) is 6.42 Å². The molecule has 1 amide bonds. The number of nitrogens with zero attached hydrogens (tertiary/aromatic N) is 4. The molecule has 0 aromatic heterocycles. The molecule has 8 nitrogen and oxygen atoms in total. The summed E-state index contributed by atoms with van der Waals surface area (Å²) in [7, 11) is 0. The van der Waals surface area contributed by atoms with E-state index in [1.165, 1.54) is 0 Å². The lowest BCUT2D eigenvalue weighted by atomic mass is 10.1. The lowest BCUT2D eigenvalue weighted by Gasteiger charge is -2.20. The third-order valence-corrected chi connectivity index (χ3v) is 3.28. The van der Waals surface area contributed by atoms with Crippen LogP contribution in [0, 0.1) is 0 Å². The fourth-order valence-electron chi connectivity index (χ4n) is 1.70. The van der Waals surface area contributed by atoms with Crippen LogP contribution in [-0.4, -0.2) is 18.1 Å². The van der Waals surface area contributed by atoms with Gasteiger partial charge in [0.05, 0.1) is 16.3 Å². The molecule has 2 rings (SSSR count). The molecule has 0 radical (unpaired) electrons. The molecule has 1 aromatic rings. The van der Waals surface area contributed by atoms with Crippen LogP contribution in [0.2, 0.25) is 5.02 Å². The van der Waals surface area contributed by atoms with Gasteiger partial charge in [0.2, 0.25) is 0 Å². The molecule has 23 heavy (non-hydrogen) atoms. The van der Waals surface area contributed by atoms with Crippen LogP contribution in [0.4, 0.5) is 18.9 Å². The third kappa shape index (κ3) is 3.67. The highest BCUT2D eigenvalue weighted by Gasteiger charge is 2.35. The van der Waals surface area contributed by atoms with Crippen LogP contribution in [0.3, 0.4) is 0 Å². The van der Waals surface area contributed by atoms with E-state index in [0.29, 0.717) is 0 Å². The first-order chi connectivity index (χ1) is 10.7.